The molecule has 1 atom stereocenters. The number of hydrogen-bond acceptors (Lipinski definition) is 16. The lowest BCUT2D eigenvalue weighted by molar-refractivity contribution is -0.144. The largest absolute Gasteiger partial charge is 0.466 e. The third-order valence-corrected chi connectivity index (χ3v) is 13.4. The highest BCUT2D eigenvalue weighted by atomic mass is 16.7. The number of nitrogens with zero attached hydrogens (tertiary/aromatic N) is 5. The second-order valence-corrected chi connectivity index (χ2v) is 21.1. The molecule has 2 aromatic heterocycles. The number of amides is 4. The fourth-order valence-electron chi connectivity index (χ4n) is 9.11. The van der Waals surface area contributed by atoms with E-state index in [1.807, 2.05) is 50.2 Å². The molecule has 3 aliphatic rings. The van der Waals surface area contributed by atoms with Gasteiger partial charge in [0.05, 0.1) is 31.6 Å². The molecule has 2 aromatic carbocycles. The van der Waals surface area contributed by atoms with Crippen LogP contribution < -0.4 is 47.4 Å². The molecule has 0 radical (unpaired) electrons. The van der Waals surface area contributed by atoms with Crippen LogP contribution in [0.4, 0.5) is 4.79 Å². The summed E-state index contributed by atoms with van der Waals surface area (Å²) < 4.78 is 17.6. The van der Waals surface area contributed by atoms with Crippen LogP contribution >= 0.6 is 0 Å². The van der Waals surface area contributed by atoms with Crippen molar-refractivity contribution < 1.29 is 52.7 Å². The van der Waals surface area contributed by atoms with Crippen LogP contribution in [-0.4, -0.2) is 158 Å². The van der Waals surface area contributed by atoms with Crippen LogP contribution in [0.5, 0.6) is 0 Å². The zero-order valence-corrected chi connectivity index (χ0v) is 51.7. The highest BCUT2D eigenvalue weighted by Gasteiger charge is 2.26. The Morgan fingerprint density at radius 3 is 1.63 bits per heavy atom. The number of rotatable bonds is 20. The average Bonchev–Trinajstić information content (AvgIpc) is 1.78. The monoisotopic (exact) mass is 1200 g/mol. The predicted octanol–water partition coefficient (Wildman–Crippen LogP) is 5.69. The standard InChI is InChI=1S/C61H86N10O13.C2H6/c1-7-80-52(72)31-40-68-36-18-19-37-69(41-32-53(73)81-8-2)39-21-35-64-55(74)49-28-30-51(71(59(49)78)83-44-46-24-14-10-15-25-46)57(76)67-47(26-16-11-17-33-65-60(79)84-61(3,4)5)42-66-56(75)50-29-27-48(54(62-6)63-34-20-38-68)58(77)70(50)82-43-45-22-12-9-13-23-45;1-2/h9-10,12-15,22-25,27-30,47H,7-8,11,16-21,26,31-44H2,1-6H3,(H,62,63)(H,64,74)(H,65,79)(H,66,75)(H,67,76);1-2H3/t47-;/m0./s1. The summed E-state index contributed by atoms with van der Waals surface area (Å²) in [6.45, 7) is 17.2. The number of aliphatic imine (C=N–C) groups is 1. The van der Waals surface area contributed by atoms with Gasteiger partial charge in [0.1, 0.15) is 41.6 Å². The van der Waals surface area contributed by atoms with Gasteiger partial charge in [-0.3, -0.25) is 38.6 Å². The maximum Gasteiger partial charge on any atom is 0.407 e. The van der Waals surface area contributed by atoms with E-state index in [9.17, 15) is 38.4 Å². The molecule has 0 saturated carbocycles. The van der Waals surface area contributed by atoms with Crippen molar-refractivity contribution in [3.8, 4) is 0 Å². The van der Waals surface area contributed by atoms with E-state index in [-0.39, 0.29) is 92.6 Å². The van der Waals surface area contributed by atoms with Crippen molar-refractivity contribution >= 4 is 41.6 Å². The fraction of sp³-hybridized carbons (Fsp3) is 0.540. The number of fused-ring (bicyclic) bond motifs is 2. The van der Waals surface area contributed by atoms with Crippen molar-refractivity contribution in [2.45, 2.75) is 138 Å². The highest BCUT2D eigenvalue weighted by Crippen LogP contribution is 2.12. The quantitative estimate of drug-likeness (QED) is 0.0404. The number of hydrogen-bond donors (Lipinski definition) is 5. The van der Waals surface area contributed by atoms with Crippen molar-refractivity contribution in [1.29, 1.82) is 0 Å². The molecule has 0 saturated heterocycles. The van der Waals surface area contributed by atoms with E-state index in [4.69, 9.17) is 23.9 Å². The third kappa shape index (κ3) is 25.3. The number of carbonyl (C=O) groups excluding carboxylic acids is 6. The van der Waals surface area contributed by atoms with Gasteiger partial charge in [-0.15, -0.1) is 9.46 Å². The minimum atomic E-state index is -0.881. The Bertz CT molecular complexity index is 2890. The zero-order chi connectivity index (χ0) is 62.7. The molecule has 0 unspecified atom stereocenters. The molecule has 23 nitrogen and oxygen atoms in total. The van der Waals surface area contributed by atoms with Gasteiger partial charge in [-0.2, -0.15) is 0 Å². The molecule has 0 fully saturated rings. The molecule has 7 rings (SSSR count). The molecule has 4 amide bonds. The lowest BCUT2D eigenvalue weighted by atomic mass is 10.1. The number of aromatic nitrogens is 2. The van der Waals surface area contributed by atoms with Crippen LogP contribution in [-0.2, 0) is 37.0 Å². The lowest BCUT2D eigenvalue weighted by Gasteiger charge is -2.25. The van der Waals surface area contributed by atoms with E-state index in [1.165, 1.54) is 24.3 Å². The topological polar surface area (TPSA) is 272 Å². The number of amidine groups is 1. The Hall–Kier alpha value is -8.05. The van der Waals surface area contributed by atoms with Gasteiger partial charge in [-0.1, -0.05) is 87.4 Å². The number of ether oxygens (including phenoxy) is 3. The van der Waals surface area contributed by atoms with Crippen LogP contribution in [0.3, 0.4) is 0 Å². The average molecular weight is 1200 g/mol. The van der Waals surface area contributed by atoms with Crippen LogP contribution in [0.15, 0.2) is 99.5 Å². The number of benzene rings is 2. The van der Waals surface area contributed by atoms with Gasteiger partial charge in [0, 0.05) is 52.4 Å². The van der Waals surface area contributed by atoms with Crippen LogP contribution in [0, 0.1) is 0 Å². The van der Waals surface area contributed by atoms with E-state index in [0.717, 1.165) is 27.9 Å². The molecule has 5 N–H and O–H groups in total. The molecule has 4 aromatic rings. The van der Waals surface area contributed by atoms with Crippen molar-refractivity contribution in [3.05, 3.63) is 139 Å². The molecule has 86 heavy (non-hydrogen) atoms. The summed E-state index contributed by atoms with van der Waals surface area (Å²) >= 11 is 0. The number of pyridine rings is 2. The number of unbranched alkanes of at least 4 members (excludes halogenated alkanes) is 2. The lowest BCUT2D eigenvalue weighted by Crippen LogP contribution is -2.47. The van der Waals surface area contributed by atoms with Crippen molar-refractivity contribution in [2.24, 2.45) is 4.99 Å². The molecule has 472 valence electrons. The van der Waals surface area contributed by atoms with Gasteiger partial charge < -0.3 is 60.3 Å². The molecule has 4 bridgehead atoms. The number of alkyl carbamates (subject to hydrolysis) is 1. The van der Waals surface area contributed by atoms with Crippen LogP contribution in [0.2, 0.25) is 0 Å². The number of esters is 2. The van der Waals surface area contributed by atoms with E-state index in [0.29, 0.717) is 96.4 Å². The molecular formula is C63H92N10O13. The van der Waals surface area contributed by atoms with Crippen LogP contribution in [0.25, 0.3) is 0 Å². The number of carbonyl (C=O) groups is 6. The molecule has 0 spiro atoms. The first-order valence-electron chi connectivity index (χ1n) is 30.2. The first-order valence-corrected chi connectivity index (χ1v) is 30.2. The number of nitrogens with one attached hydrogen (secondary N) is 5. The van der Waals surface area contributed by atoms with E-state index >= 15 is 0 Å². The SMILES string of the molecule is CC.CCOC(=O)CCN1CCCCN(CCC(=O)OCC)CCCNC(=NC)c2ccc(n(OCc3ccccc3)c2=O)C(=O)NC[C@H](CCCCCNC(=O)OC(C)(C)C)NC(=O)c2ccc(c(=O)n2OCc2ccccc2)C(=O)NCCC1. The Kier molecular flexibility index (Phi) is 31.8. The van der Waals surface area contributed by atoms with Gasteiger partial charge in [-0.05, 0) is 135 Å². The molecule has 0 aliphatic carbocycles. The summed E-state index contributed by atoms with van der Waals surface area (Å²) in [7, 11) is 1.55. The Morgan fingerprint density at radius 2 is 1.10 bits per heavy atom. The summed E-state index contributed by atoms with van der Waals surface area (Å²) in [5.41, 5.74) is -1.27. The van der Waals surface area contributed by atoms with E-state index in [2.05, 4.69) is 41.4 Å². The maximum atomic E-state index is 14.6. The Balaban J connectivity index is 0.00000783. The molecule has 5 heterocycles. The first-order chi connectivity index (χ1) is 41.5. The van der Waals surface area contributed by atoms with Crippen LogP contribution in [0.1, 0.15) is 161 Å². The predicted molar refractivity (Wildman–Crippen MR) is 329 cm³/mol. The van der Waals surface area contributed by atoms with Gasteiger partial charge in [-0.25, -0.2) is 4.79 Å². The molecule has 23 heteroatoms. The second-order valence-electron chi connectivity index (χ2n) is 21.1. The van der Waals surface area contributed by atoms with E-state index in [1.54, 1.807) is 65.9 Å². The maximum absolute atomic E-state index is 14.6. The first kappa shape index (κ1) is 70.4. The summed E-state index contributed by atoms with van der Waals surface area (Å²) in [4.78, 5) is 130. The highest BCUT2D eigenvalue weighted by molar-refractivity contribution is 6.00. The van der Waals surface area contributed by atoms with Gasteiger partial charge in [0.25, 0.3) is 28.8 Å². The van der Waals surface area contributed by atoms with Gasteiger partial charge in [0.2, 0.25) is 0 Å². The Labute approximate surface area is 505 Å². The van der Waals surface area contributed by atoms with E-state index < -0.39 is 46.6 Å². The van der Waals surface area contributed by atoms with Crippen molar-refractivity contribution in [3.63, 3.8) is 0 Å². The third-order valence-electron chi connectivity index (χ3n) is 13.4. The minimum Gasteiger partial charge on any atom is -0.466 e. The molecule has 3 aliphatic heterocycles. The van der Waals surface area contributed by atoms with Gasteiger partial charge in [0.15, 0.2) is 0 Å². The van der Waals surface area contributed by atoms with Gasteiger partial charge >= 0.3 is 18.0 Å². The second kappa shape index (κ2) is 38.8. The minimum absolute atomic E-state index is 0.0697. The van der Waals surface area contributed by atoms with Crippen molar-refractivity contribution in [2.75, 3.05) is 85.7 Å². The summed E-state index contributed by atoms with van der Waals surface area (Å²) in [5, 5.41) is 14.7. The smallest absolute Gasteiger partial charge is 0.407 e. The summed E-state index contributed by atoms with van der Waals surface area (Å²) in [6, 6.07) is 22.9. The van der Waals surface area contributed by atoms with Crippen molar-refractivity contribution in [1.82, 2.24) is 45.8 Å². The summed E-state index contributed by atoms with van der Waals surface area (Å²) in [6.07, 6.45) is 4.44. The summed E-state index contributed by atoms with van der Waals surface area (Å²) in [5.74, 6) is -2.46. The molecular weight excluding hydrogens is 1100 g/mol. The Morgan fingerprint density at radius 1 is 0.605 bits per heavy atom. The fourth-order valence-corrected chi connectivity index (χ4v) is 9.11. The normalized spacial score (nSPS) is 16.0. The zero-order valence-electron chi connectivity index (χ0n) is 51.7.